The lowest BCUT2D eigenvalue weighted by molar-refractivity contribution is 0.0966. The molecule has 1 aromatic heterocycles. The maximum Gasteiger partial charge on any atom is 0.231 e. The van der Waals surface area contributed by atoms with Crippen LogP contribution >= 0.6 is 0 Å². The van der Waals surface area contributed by atoms with Gasteiger partial charge in [-0.2, -0.15) is 5.10 Å². The van der Waals surface area contributed by atoms with Gasteiger partial charge in [-0.3, -0.25) is 9.48 Å². The number of fused-ring (bicyclic) bond motifs is 1. The van der Waals surface area contributed by atoms with Crippen molar-refractivity contribution in [1.29, 1.82) is 0 Å². The van der Waals surface area contributed by atoms with Crippen molar-refractivity contribution in [1.82, 2.24) is 9.78 Å². The van der Waals surface area contributed by atoms with Crippen LogP contribution in [0.1, 0.15) is 21.7 Å². The van der Waals surface area contributed by atoms with Crippen molar-refractivity contribution in [3.05, 3.63) is 41.2 Å². The number of hydrogen-bond donors (Lipinski definition) is 0. The number of rotatable bonds is 3. The summed E-state index contributed by atoms with van der Waals surface area (Å²) in [6, 6.07) is 7.18. The van der Waals surface area contributed by atoms with Crippen LogP contribution in [0.3, 0.4) is 0 Å². The highest BCUT2D eigenvalue weighted by atomic mass is 16.7. The van der Waals surface area contributed by atoms with Gasteiger partial charge in [0.05, 0.1) is 5.69 Å². The van der Waals surface area contributed by atoms with Gasteiger partial charge in [0.15, 0.2) is 17.3 Å². The number of Topliss-reactive ketones (excluding diaryl/α,β-unsaturated/α-hetero) is 1. The first-order valence-corrected chi connectivity index (χ1v) is 6.07. The molecule has 0 aliphatic carbocycles. The molecule has 2 heterocycles. The van der Waals surface area contributed by atoms with E-state index in [-0.39, 0.29) is 19.1 Å². The third kappa shape index (κ3) is 2.19. The number of ether oxygens (including phenoxy) is 2. The number of hydrogen-bond acceptors (Lipinski definition) is 4. The number of nitrogens with zero attached hydrogens (tertiary/aromatic N) is 2. The van der Waals surface area contributed by atoms with E-state index < -0.39 is 0 Å². The number of carbonyl (C=O) groups excluding carboxylic acids is 1. The molecule has 1 aromatic carbocycles. The van der Waals surface area contributed by atoms with Gasteiger partial charge in [0, 0.05) is 11.3 Å². The lowest BCUT2D eigenvalue weighted by Gasteiger charge is -2.05. The van der Waals surface area contributed by atoms with E-state index >= 15 is 0 Å². The molecule has 0 unspecified atom stereocenters. The summed E-state index contributed by atoms with van der Waals surface area (Å²) in [6.07, 6.45) is 0. The zero-order valence-electron chi connectivity index (χ0n) is 10.8. The Labute approximate surface area is 110 Å². The molecule has 19 heavy (non-hydrogen) atoms. The molecule has 0 bridgehead atoms. The largest absolute Gasteiger partial charge is 0.454 e. The maximum absolute atomic E-state index is 12.2. The summed E-state index contributed by atoms with van der Waals surface area (Å²) >= 11 is 0. The first kappa shape index (κ1) is 11.8. The van der Waals surface area contributed by atoms with E-state index in [4.69, 9.17) is 9.47 Å². The highest BCUT2D eigenvalue weighted by Gasteiger charge is 2.17. The Bertz CT molecular complexity index is 646. The quantitative estimate of drug-likeness (QED) is 0.791. The summed E-state index contributed by atoms with van der Waals surface area (Å²) in [5.74, 6) is 1.31. The molecule has 0 N–H and O–H groups in total. The van der Waals surface area contributed by atoms with E-state index in [2.05, 4.69) is 5.10 Å². The van der Waals surface area contributed by atoms with Gasteiger partial charge in [-0.1, -0.05) is 0 Å². The van der Waals surface area contributed by atoms with Crippen molar-refractivity contribution in [3.63, 3.8) is 0 Å². The van der Waals surface area contributed by atoms with Gasteiger partial charge < -0.3 is 9.47 Å². The molecule has 0 atom stereocenters. The summed E-state index contributed by atoms with van der Waals surface area (Å²) in [6.45, 7) is 4.30. The number of ketones is 1. The summed E-state index contributed by atoms with van der Waals surface area (Å²) in [5.41, 5.74) is 2.50. The molecule has 98 valence electrons. The van der Waals surface area contributed by atoms with Gasteiger partial charge in [-0.05, 0) is 38.1 Å². The van der Waals surface area contributed by atoms with E-state index in [1.54, 1.807) is 22.9 Å². The molecule has 0 saturated carbocycles. The Balaban J connectivity index is 1.82. The Kier molecular flexibility index (Phi) is 2.74. The van der Waals surface area contributed by atoms with Gasteiger partial charge in [0.25, 0.3) is 0 Å². The molecular weight excluding hydrogens is 244 g/mol. The molecular formula is C14H14N2O3. The second kappa shape index (κ2) is 4.42. The predicted octanol–water partition coefficient (Wildman–Crippen LogP) is 2.11. The zero-order valence-corrected chi connectivity index (χ0v) is 10.8. The summed E-state index contributed by atoms with van der Waals surface area (Å²) < 4.78 is 12.2. The molecule has 3 rings (SSSR count). The summed E-state index contributed by atoms with van der Waals surface area (Å²) in [4.78, 5) is 12.2. The molecule has 1 aliphatic heterocycles. The maximum atomic E-state index is 12.2. The highest BCUT2D eigenvalue weighted by molar-refractivity contribution is 5.96. The van der Waals surface area contributed by atoms with Gasteiger partial charge in [-0.15, -0.1) is 0 Å². The lowest BCUT2D eigenvalue weighted by atomic mass is 10.1. The zero-order chi connectivity index (χ0) is 13.4. The fourth-order valence-electron chi connectivity index (χ4n) is 2.13. The molecule has 0 fully saturated rings. The van der Waals surface area contributed by atoms with E-state index in [0.29, 0.717) is 17.1 Å². The molecule has 0 radical (unpaired) electrons. The van der Waals surface area contributed by atoms with Crippen LogP contribution < -0.4 is 9.47 Å². The number of carbonyl (C=O) groups is 1. The molecule has 2 aromatic rings. The monoisotopic (exact) mass is 258 g/mol. The normalized spacial score (nSPS) is 12.7. The second-order valence-electron chi connectivity index (χ2n) is 4.58. The van der Waals surface area contributed by atoms with Crippen molar-refractivity contribution in [2.75, 3.05) is 6.79 Å². The minimum atomic E-state index is 0.00417. The Morgan fingerprint density at radius 3 is 2.79 bits per heavy atom. The van der Waals surface area contributed by atoms with Crippen molar-refractivity contribution in [2.45, 2.75) is 20.4 Å². The topological polar surface area (TPSA) is 53.4 Å². The molecule has 0 spiro atoms. The van der Waals surface area contributed by atoms with Gasteiger partial charge in [0.1, 0.15) is 6.54 Å². The standard InChI is InChI=1S/C14H14N2O3/c1-9-5-10(2)16(15-9)7-12(17)11-3-4-13-14(6-11)19-8-18-13/h3-6H,7-8H2,1-2H3. The summed E-state index contributed by atoms with van der Waals surface area (Å²) in [7, 11) is 0. The van der Waals surface area contributed by atoms with Crippen molar-refractivity contribution < 1.29 is 14.3 Å². The lowest BCUT2D eigenvalue weighted by Crippen LogP contribution is -2.13. The van der Waals surface area contributed by atoms with E-state index in [0.717, 1.165) is 11.4 Å². The molecule has 5 nitrogen and oxygen atoms in total. The van der Waals surface area contributed by atoms with Crippen molar-refractivity contribution in [2.24, 2.45) is 0 Å². The average molecular weight is 258 g/mol. The van der Waals surface area contributed by atoms with Crippen LogP contribution in [0.2, 0.25) is 0 Å². The predicted molar refractivity (Wildman–Crippen MR) is 68.6 cm³/mol. The van der Waals surface area contributed by atoms with E-state index in [9.17, 15) is 4.79 Å². The molecule has 0 amide bonds. The second-order valence-corrected chi connectivity index (χ2v) is 4.58. The van der Waals surface area contributed by atoms with Crippen molar-refractivity contribution >= 4 is 5.78 Å². The van der Waals surface area contributed by atoms with Crippen LogP contribution in [0.25, 0.3) is 0 Å². The van der Waals surface area contributed by atoms with Crippen LogP contribution in [0.15, 0.2) is 24.3 Å². The summed E-state index contributed by atoms with van der Waals surface area (Å²) in [5, 5.41) is 4.29. The van der Waals surface area contributed by atoms with Crippen LogP contribution in [0.5, 0.6) is 11.5 Å². The van der Waals surface area contributed by atoms with Crippen LogP contribution in [0, 0.1) is 13.8 Å². The number of benzene rings is 1. The first-order valence-electron chi connectivity index (χ1n) is 6.07. The van der Waals surface area contributed by atoms with Gasteiger partial charge >= 0.3 is 0 Å². The Morgan fingerprint density at radius 2 is 2.05 bits per heavy atom. The molecule has 0 saturated heterocycles. The van der Waals surface area contributed by atoms with Crippen LogP contribution in [-0.2, 0) is 6.54 Å². The molecule has 5 heteroatoms. The SMILES string of the molecule is Cc1cc(C)n(CC(=O)c2ccc3c(c2)OCO3)n1. The van der Waals surface area contributed by atoms with Gasteiger partial charge in [0.2, 0.25) is 6.79 Å². The minimum Gasteiger partial charge on any atom is -0.454 e. The van der Waals surface area contributed by atoms with Gasteiger partial charge in [-0.25, -0.2) is 0 Å². The third-order valence-corrected chi connectivity index (χ3v) is 3.09. The van der Waals surface area contributed by atoms with Crippen LogP contribution in [0.4, 0.5) is 0 Å². The third-order valence-electron chi connectivity index (χ3n) is 3.09. The smallest absolute Gasteiger partial charge is 0.231 e. The number of aryl methyl sites for hydroxylation is 2. The fourth-order valence-corrected chi connectivity index (χ4v) is 2.13. The Hall–Kier alpha value is -2.30. The van der Waals surface area contributed by atoms with E-state index in [1.165, 1.54) is 0 Å². The van der Waals surface area contributed by atoms with E-state index in [1.807, 2.05) is 19.9 Å². The first-order chi connectivity index (χ1) is 9.13. The minimum absolute atomic E-state index is 0.00417. The van der Waals surface area contributed by atoms with Crippen molar-refractivity contribution in [3.8, 4) is 11.5 Å². The van der Waals surface area contributed by atoms with Crippen LogP contribution in [-0.4, -0.2) is 22.4 Å². The average Bonchev–Trinajstić information content (AvgIpc) is 2.95. The number of aromatic nitrogens is 2. The Morgan fingerprint density at radius 1 is 1.26 bits per heavy atom. The fraction of sp³-hybridized carbons (Fsp3) is 0.286. The molecule has 1 aliphatic rings. The highest BCUT2D eigenvalue weighted by Crippen LogP contribution is 2.32.